The van der Waals surface area contributed by atoms with Gasteiger partial charge in [0.25, 0.3) is 5.91 Å². The summed E-state index contributed by atoms with van der Waals surface area (Å²) in [6.45, 7) is 0.806. The number of carbonyl (C=O) groups excluding carboxylic acids is 2. The summed E-state index contributed by atoms with van der Waals surface area (Å²) in [6.07, 6.45) is 0. The fourth-order valence-corrected chi connectivity index (χ4v) is 1.36. The monoisotopic (exact) mass is 266 g/mol. The number of carbonyl (C=O) groups is 2. The highest BCUT2D eigenvalue weighted by Gasteiger charge is 2.07. The van der Waals surface area contributed by atoms with Crippen LogP contribution in [0, 0.1) is 0 Å². The average Bonchev–Trinajstić information content (AvgIpc) is 2.45. The molecule has 1 aromatic rings. The second kappa shape index (κ2) is 8.10. The molecule has 19 heavy (non-hydrogen) atoms. The molecular weight excluding hydrogens is 248 g/mol. The summed E-state index contributed by atoms with van der Waals surface area (Å²) < 4.78 is 9.79. The van der Waals surface area contributed by atoms with Crippen LogP contribution in [-0.2, 0) is 9.53 Å². The number of hydrogen-bond donors (Lipinski definition) is 2. The Bertz CT molecular complexity index is 417. The lowest BCUT2D eigenvalue weighted by Gasteiger charge is -2.07. The SMILES string of the molecule is COCCNC(=O)CNC(=O)c1ccc(OC)cc1. The lowest BCUT2D eigenvalue weighted by Crippen LogP contribution is -2.38. The number of methoxy groups -OCH3 is 2. The van der Waals surface area contributed by atoms with E-state index in [1.807, 2.05) is 0 Å². The summed E-state index contributed by atoms with van der Waals surface area (Å²) in [4.78, 5) is 23.1. The molecule has 1 aromatic carbocycles. The fraction of sp³-hybridized carbons (Fsp3) is 0.385. The standard InChI is InChI=1S/C13H18N2O4/c1-18-8-7-14-12(16)9-15-13(17)10-3-5-11(19-2)6-4-10/h3-6H,7-9H2,1-2H3,(H,14,16)(H,15,17). The second-order valence-electron chi connectivity index (χ2n) is 3.75. The molecule has 2 N–H and O–H groups in total. The van der Waals surface area contributed by atoms with Gasteiger partial charge in [0.1, 0.15) is 5.75 Å². The second-order valence-corrected chi connectivity index (χ2v) is 3.75. The number of hydrogen-bond acceptors (Lipinski definition) is 4. The Morgan fingerprint density at radius 1 is 1.11 bits per heavy atom. The van der Waals surface area contributed by atoms with Gasteiger partial charge in [-0.15, -0.1) is 0 Å². The summed E-state index contributed by atoms with van der Waals surface area (Å²) in [7, 11) is 3.11. The number of rotatable bonds is 7. The third kappa shape index (κ3) is 5.39. The van der Waals surface area contributed by atoms with Gasteiger partial charge in [-0.3, -0.25) is 9.59 Å². The van der Waals surface area contributed by atoms with Crippen molar-refractivity contribution in [3.63, 3.8) is 0 Å². The molecule has 104 valence electrons. The van der Waals surface area contributed by atoms with Gasteiger partial charge in [0.05, 0.1) is 20.3 Å². The van der Waals surface area contributed by atoms with E-state index in [0.29, 0.717) is 24.5 Å². The first kappa shape index (κ1) is 15.0. The van der Waals surface area contributed by atoms with E-state index in [2.05, 4.69) is 10.6 Å². The van der Waals surface area contributed by atoms with Crippen LogP contribution in [0.2, 0.25) is 0 Å². The minimum Gasteiger partial charge on any atom is -0.497 e. The molecule has 0 heterocycles. The summed E-state index contributed by atoms with van der Waals surface area (Å²) in [5.74, 6) is 0.123. The molecule has 0 aliphatic rings. The Morgan fingerprint density at radius 3 is 2.37 bits per heavy atom. The normalized spacial score (nSPS) is 9.79. The Morgan fingerprint density at radius 2 is 1.79 bits per heavy atom. The molecule has 2 amide bonds. The quantitative estimate of drug-likeness (QED) is 0.691. The number of ether oxygens (including phenoxy) is 2. The Hall–Kier alpha value is -2.08. The predicted molar refractivity (Wildman–Crippen MR) is 70.2 cm³/mol. The molecule has 0 bridgehead atoms. The van der Waals surface area contributed by atoms with Crippen LogP contribution in [-0.4, -0.2) is 45.7 Å². The minimum atomic E-state index is -0.301. The van der Waals surface area contributed by atoms with Gasteiger partial charge in [-0.05, 0) is 24.3 Å². The van der Waals surface area contributed by atoms with Gasteiger partial charge in [0.15, 0.2) is 0 Å². The molecule has 0 aliphatic carbocycles. The first-order valence-corrected chi connectivity index (χ1v) is 5.85. The first-order chi connectivity index (χ1) is 9.17. The van der Waals surface area contributed by atoms with Gasteiger partial charge >= 0.3 is 0 Å². The van der Waals surface area contributed by atoms with Crippen molar-refractivity contribution in [3.8, 4) is 5.75 Å². The third-order valence-electron chi connectivity index (χ3n) is 2.39. The van der Waals surface area contributed by atoms with E-state index in [1.165, 1.54) is 0 Å². The minimum absolute atomic E-state index is 0.0609. The zero-order valence-corrected chi connectivity index (χ0v) is 11.1. The summed E-state index contributed by atoms with van der Waals surface area (Å²) in [5, 5.41) is 5.14. The molecule has 0 unspecified atom stereocenters. The highest BCUT2D eigenvalue weighted by Crippen LogP contribution is 2.10. The van der Waals surface area contributed by atoms with Crippen LogP contribution in [0.25, 0.3) is 0 Å². The first-order valence-electron chi connectivity index (χ1n) is 5.85. The van der Waals surface area contributed by atoms with Crippen molar-refractivity contribution in [2.24, 2.45) is 0 Å². The zero-order valence-electron chi connectivity index (χ0n) is 11.1. The van der Waals surface area contributed by atoms with Crippen molar-refractivity contribution in [2.75, 3.05) is 33.9 Å². The van der Waals surface area contributed by atoms with E-state index in [-0.39, 0.29) is 18.4 Å². The van der Waals surface area contributed by atoms with Crippen LogP contribution in [0.1, 0.15) is 10.4 Å². The Kier molecular flexibility index (Phi) is 6.38. The summed E-state index contributed by atoms with van der Waals surface area (Å²) in [6, 6.07) is 6.65. The van der Waals surface area contributed by atoms with E-state index in [9.17, 15) is 9.59 Å². The number of benzene rings is 1. The van der Waals surface area contributed by atoms with Gasteiger partial charge in [0.2, 0.25) is 5.91 Å². The smallest absolute Gasteiger partial charge is 0.251 e. The van der Waals surface area contributed by atoms with Crippen molar-refractivity contribution in [2.45, 2.75) is 0 Å². The topological polar surface area (TPSA) is 76.7 Å². The molecule has 1 rings (SSSR count). The fourth-order valence-electron chi connectivity index (χ4n) is 1.36. The van der Waals surface area contributed by atoms with Crippen molar-refractivity contribution in [1.82, 2.24) is 10.6 Å². The van der Waals surface area contributed by atoms with Crippen LogP contribution in [0.4, 0.5) is 0 Å². The van der Waals surface area contributed by atoms with E-state index >= 15 is 0 Å². The van der Waals surface area contributed by atoms with Gasteiger partial charge in [0, 0.05) is 19.2 Å². The van der Waals surface area contributed by atoms with Crippen LogP contribution < -0.4 is 15.4 Å². The molecule has 0 spiro atoms. The molecule has 6 nitrogen and oxygen atoms in total. The van der Waals surface area contributed by atoms with Crippen molar-refractivity contribution in [1.29, 1.82) is 0 Å². The molecule has 0 aliphatic heterocycles. The van der Waals surface area contributed by atoms with E-state index in [4.69, 9.17) is 9.47 Å². The number of amides is 2. The highest BCUT2D eigenvalue weighted by molar-refractivity contribution is 5.96. The van der Waals surface area contributed by atoms with Crippen LogP contribution in [0.15, 0.2) is 24.3 Å². The molecule has 0 radical (unpaired) electrons. The van der Waals surface area contributed by atoms with Gasteiger partial charge < -0.3 is 20.1 Å². The molecule has 0 saturated heterocycles. The predicted octanol–water partition coefficient (Wildman–Crippen LogP) is 0.188. The van der Waals surface area contributed by atoms with E-state index in [0.717, 1.165) is 0 Å². The lowest BCUT2D eigenvalue weighted by molar-refractivity contribution is -0.120. The van der Waals surface area contributed by atoms with Crippen molar-refractivity contribution < 1.29 is 19.1 Å². The van der Waals surface area contributed by atoms with Crippen molar-refractivity contribution in [3.05, 3.63) is 29.8 Å². The number of nitrogens with one attached hydrogen (secondary N) is 2. The van der Waals surface area contributed by atoms with E-state index in [1.54, 1.807) is 38.5 Å². The summed E-state index contributed by atoms with van der Waals surface area (Å²) >= 11 is 0. The molecule has 0 fully saturated rings. The van der Waals surface area contributed by atoms with Gasteiger partial charge in [-0.2, -0.15) is 0 Å². The van der Waals surface area contributed by atoms with Gasteiger partial charge in [-0.25, -0.2) is 0 Å². The molecule has 0 aromatic heterocycles. The summed E-state index contributed by atoms with van der Waals surface area (Å²) in [5.41, 5.74) is 0.477. The van der Waals surface area contributed by atoms with Crippen molar-refractivity contribution >= 4 is 11.8 Å². The van der Waals surface area contributed by atoms with Crippen LogP contribution >= 0.6 is 0 Å². The van der Waals surface area contributed by atoms with Gasteiger partial charge in [-0.1, -0.05) is 0 Å². The largest absolute Gasteiger partial charge is 0.497 e. The highest BCUT2D eigenvalue weighted by atomic mass is 16.5. The maximum absolute atomic E-state index is 11.7. The average molecular weight is 266 g/mol. The van der Waals surface area contributed by atoms with Crippen LogP contribution in [0.5, 0.6) is 5.75 Å². The molecular formula is C13H18N2O4. The Balaban J connectivity index is 2.35. The maximum Gasteiger partial charge on any atom is 0.251 e. The van der Waals surface area contributed by atoms with E-state index < -0.39 is 0 Å². The Labute approximate surface area is 112 Å². The third-order valence-corrected chi connectivity index (χ3v) is 2.39. The zero-order chi connectivity index (χ0) is 14.1. The molecule has 6 heteroatoms. The van der Waals surface area contributed by atoms with Crippen LogP contribution in [0.3, 0.4) is 0 Å². The lowest BCUT2D eigenvalue weighted by atomic mass is 10.2. The maximum atomic E-state index is 11.7. The molecule has 0 atom stereocenters. The molecule has 0 saturated carbocycles.